The SMILES string of the molecule is CCOCCN1C(=O)C2C3CC(C(c4ccccc4)=C3c3ccccc3)C2C1=O. The van der Waals surface area contributed by atoms with Crippen molar-refractivity contribution >= 4 is 23.0 Å². The number of hydrogen-bond donors (Lipinski definition) is 0. The molecular formula is C25H25NO3. The van der Waals surface area contributed by atoms with Crippen molar-refractivity contribution < 1.29 is 14.3 Å². The molecule has 1 saturated carbocycles. The van der Waals surface area contributed by atoms with Gasteiger partial charge in [-0.05, 0) is 47.5 Å². The second-order valence-corrected chi connectivity index (χ2v) is 8.08. The molecule has 3 aliphatic rings. The van der Waals surface area contributed by atoms with Crippen molar-refractivity contribution in [1.29, 1.82) is 0 Å². The van der Waals surface area contributed by atoms with Gasteiger partial charge in [-0.15, -0.1) is 0 Å². The van der Waals surface area contributed by atoms with Crippen molar-refractivity contribution in [2.24, 2.45) is 23.7 Å². The van der Waals surface area contributed by atoms with Crippen LogP contribution in [0.15, 0.2) is 60.7 Å². The molecule has 0 spiro atoms. The first-order valence-electron chi connectivity index (χ1n) is 10.5. The van der Waals surface area contributed by atoms with Crippen molar-refractivity contribution in [3.63, 3.8) is 0 Å². The van der Waals surface area contributed by atoms with Crippen LogP contribution in [-0.4, -0.2) is 36.5 Å². The molecule has 4 unspecified atom stereocenters. The molecule has 1 heterocycles. The van der Waals surface area contributed by atoms with E-state index in [1.165, 1.54) is 27.2 Å². The number of benzene rings is 2. The lowest BCUT2D eigenvalue weighted by Gasteiger charge is -2.27. The van der Waals surface area contributed by atoms with Gasteiger partial charge in [0.2, 0.25) is 11.8 Å². The van der Waals surface area contributed by atoms with Gasteiger partial charge in [-0.2, -0.15) is 0 Å². The van der Waals surface area contributed by atoms with Crippen molar-refractivity contribution in [3.8, 4) is 0 Å². The van der Waals surface area contributed by atoms with Crippen LogP contribution < -0.4 is 0 Å². The van der Waals surface area contributed by atoms with E-state index < -0.39 is 0 Å². The molecule has 4 heteroatoms. The summed E-state index contributed by atoms with van der Waals surface area (Å²) in [7, 11) is 0. The van der Waals surface area contributed by atoms with Gasteiger partial charge >= 0.3 is 0 Å². The molecule has 2 bridgehead atoms. The fourth-order valence-electron chi connectivity index (χ4n) is 5.68. The number of carbonyl (C=O) groups is 2. The first-order valence-corrected chi connectivity index (χ1v) is 10.5. The second-order valence-electron chi connectivity index (χ2n) is 8.08. The molecule has 2 aromatic rings. The van der Waals surface area contributed by atoms with E-state index in [0.717, 1.165) is 6.42 Å². The highest BCUT2D eigenvalue weighted by Crippen LogP contribution is 2.63. The van der Waals surface area contributed by atoms with Crippen LogP contribution in [0, 0.1) is 23.7 Å². The maximum atomic E-state index is 13.2. The Hall–Kier alpha value is -2.72. The Morgan fingerprint density at radius 2 is 1.31 bits per heavy atom. The Morgan fingerprint density at radius 1 is 0.828 bits per heavy atom. The summed E-state index contributed by atoms with van der Waals surface area (Å²) >= 11 is 0. The van der Waals surface area contributed by atoms with E-state index in [9.17, 15) is 9.59 Å². The average Bonchev–Trinajstić information content (AvgIpc) is 3.40. The van der Waals surface area contributed by atoms with E-state index >= 15 is 0 Å². The molecule has 0 N–H and O–H groups in total. The Bertz CT molecular complexity index is 893. The highest BCUT2D eigenvalue weighted by molar-refractivity contribution is 6.11. The number of imide groups is 1. The van der Waals surface area contributed by atoms with Gasteiger partial charge in [-0.25, -0.2) is 0 Å². The zero-order valence-corrected chi connectivity index (χ0v) is 16.6. The fraction of sp³-hybridized carbons (Fsp3) is 0.360. The van der Waals surface area contributed by atoms with Crippen molar-refractivity contribution in [3.05, 3.63) is 71.8 Å². The van der Waals surface area contributed by atoms with E-state index in [-0.39, 0.29) is 35.5 Å². The van der Waals surface area contributed by atoms with Crippen LogP contribution in [0.1, 0.15) is 24.5 Å². The van der Waals surface area contributed by atoms with Crippen LogP contribution in [-0.2, 0) is 14.3 Å². The van der Waals surface area contributed by atoms with Crippen LogP contribution in [0.5, 0.6) is 0 Å². The van der Waals surface area contributed by atoms with Crippen molar-refractivity contribution in [1.82, 2.24) is 4.90 Å². The summed E-state index contributed by atoms with van der Waals surface area (Å²) in [5, 5.41) is 0. The molecule has 29 heavy (non-hydrogen) atoms. The number of allylic oxidation sites excluding steroid dienone is 2. The van der Waals surface area contributed by atoms with Gasteiger partial charge in [-0.1, -0.05) is 60.7 Å². The predicted octanol–water partition coefficient (Wildman–Crippen LogP) is 3.88. The predicted molar refractivity (Wildman–Crippen MR) is 111 cm³/mol. The van der Waals surface area contributed by atoms with Crippen molar-refractivity contribution in [2.75, 3.05) is 19.8 Å². The monoisotopic (exact) mass is 387 g/mol. The van der Waals surface area contributed by atoms with E-state index in [0.29, 0.717) is 19.8 Å². The number of nitrogens with zero attached hydrogens (tertiary/aromatic N) is 1. The Morgan fingerprint density at radius 3 is 1.76 bits per heavy atom. The highest BCUT2D eigenvalue weighted by atomic mass is 16.5. The number of likely N-dealkylation sites (tertiary alicyclic amines) is 1. The number of amides is 2. The Kier molecular flexibility index (Phi) is 4.59. The molecule has 1 saturated heterocycles. The first kappa shape index (κ1) is 18.3. The van der Waals surface area contributed by atoms with Crippen LogP contribution >= 0.6 is 0 Å². The average molecular weight is 387 g/mol. The summed E-state index contributed by atoms with van der Waals surface area (Å²) < 4.78 is 5.41. The van der Waals surface area contributed by atoms with E-state index in [4.69, 9.17) is 4.74 Å². The number of rotatable bonds is 6. The molecule has 5 rings (SSSR count). The molecular weight excluding hydrogens is 362 g/mol. The number of hydrogen-bond acceptors (Lipinski definition) is 3. The molecule has 2 amide bonds. The summed E-state index contributed by atoms with van der Waals surface area (Å²) in [4.78, 5) is 27.9. The summed E-state index contributed by atoms with van der Waals surface area (Å²) in [6.45, 7) is 3.28. The van der Waals surface area contributed by atoms with Gasteiger partial charge in [-0.3, -0.25) is 14.5 Å². The second kappa shape index (κ2) is 7.27. The summed E-state index contributed by atoms with van der Waals surface area (Å²) in [5.74, 6) is -0.249. The van der Waals surface area contributed by atoms with Gasteiger partial charge in [0.25, 0.3) is 0 Å². The van der Waals surface area contributed by atoms with Crippen LogP contribution in [0.2, 0.25) is 0 Å². The van der Waals surface area contributed by atoms with Gasteiger partial charge in [0.05, 0.1) is 25.0 Å². The molecule has 0 radical (unpaired) electrons. The summed E-state index contributed by atoms with van der Waals surface area (Å²) in [6, 6.07) is 20.7. The lowest BCUT2D eigenvalue weighted by atomic mass is 9.73. The normalized spacial score (nSPS) is 27.8. The lowest BCUT2D eigenvalue weighted by molar-refractivity contribution is -0.141. The zero-order chi connectivity index (χ0) is 20.0. The van der Waals surface area contributed by atoms with E-state index in [2.05, 4.69) is 24.3 Å². The molecule has 4 nitrogen and oxygen atoms in total. The third-order valence-electron chi connectivity index (χ3n) is 6.73. The fourth-order valence-corrected chi connectivity index (χ4v) is 5.68. The Labute approximate surface area is 171 Å². The Balaban J connectivity index is 1.57. The van der Waals surface area contributed by atoms with Gasteiger partial charge in [0, 0.05) is 6.61 Å². The number of fused-ring (bicyclic) bond motifs is 5. The minimum atomic E-state index is -0.225. The maximum absolute atomic E-state index is 13.2. The summed E-state index contributed by atoms with van der Waals surface area (Å²) in [6.07, 6.45) is 0.889. The van der Waals surface area contributed by atoms with Crippen LogP contribution in [0.3, 0.4) is 0 Å². The number of carbonyl (C=O) groups excluding carboxylic acids is 2. The quantitative estimate of drug-likeness (QED) is 0.558. The molecule has 2 aromatic carbocycles. The topological polar surface area (TPSA) is 46.6 Å². The zero-order valence-electron chi connectivity index (χ0n) is 16.6. The summed E-state index contributed by atoms with van der Waals surface area (Å²) in [5.41, 5.74) is 4.86. The van der Waals surface area contributed by atoms with Crippen molar-refractivity contribution in [2.45, 2.75) is 13.3 Å². The maximum Gasteiger partial charge on any atom is 0.233 e. The minimum absolute atomic E-state index is 0.00672. The molecule has 1 aliphatic heterocycles. The van der Waals surface area contributed by atoms with Gasteiger partial charge in [0.15, 0.2) is 0 Å². The van der Waals surface area contributed by atoms with Gasteiger partial charge in [0.1, 0.15) is 0 Å². The smallest absolute Gasteiger partial charge is 0.233 e. The third-order valence-corrected chi connectivity index (χ3v) is 6.73. The van der Waals surface area contributed by atoms with E-state index in [1.807, 2.05) is 43.3 Å². The van der Waals surface area contributed by atoms with E-state index in [1.54, 1.807) is 0 Å². The highest BCUT2D eigenvalue weighted by Gasteiger charge is 2.63. The largest absolute Gasteiger partial charge is 0.380 e. The van der Waals surface area contributed by atoms with Crippen LogP contribution in [0.25, 0.3) is 11.1 Å². The molecule has 4 atom stereocenters. The first-order chi connectivity index (χ1) is 14.2. The standard InChI is InChI=1S/C25H25NO3/c1-2-29-14-13-26-24(27)22-18-15-19(23(22)25(26)28)21(17-11-7-4-8-12-17)20(18)16-9-5-3-6-10-16/h3-12,18-19,22-23H,2,13-15H2,1H3. The molecule has 2 aliphatic carbocycles. The molecule has 0 aromatic heterocycles. The third kappa shape index (κ3) is 2.77. The molecule has 148 valence electrons. The minimum Gasteiger partial charge on any atom is -0.380 e. The molecule has 2 fully saturated rings. The van der Waals surface area contributed by atoms with Crippen LogP contribution in [0.4, 0.5) is 0 Å². The van der Waals surface area contributed by atoms with Gasteiger partial charge < -0.3 is 4.74 Å². The number of ether oxygens (including phenoxy) is 1. The lowest BCUT2D eigenvalue weighted by Crippen LogP contribution is -2.35.